The van der Waals surface area contributed by atoms with Crippen LogP contribution in [0.5, 0.6) is 0 Å². The van der Waals surface area contributed by atoms with Crippen molar-refractivity contribution >= 4 is 6.09 Å². The van der Waals surface area contributed by atoms with Gasteiger partial charge in [-0.05, 0) is 27.2 Å². The van der Waals surface area contributed by atoms with Crippen LogP contribution in [0, 0.1) is 0 Å². The van der Waals surface area contributed by atoms with Crippen molar-refractivity contribution in [2.75, 3.05) is 13.1 Å². The summed E-state index contributed by atoms with van der Waals surface area (Å²) in [5.41, 5.74) is 6.33. The zero-order chi connectivity index (χ0) is 14.3. The summed E-state index contributed by atoms with van der Waals surface area (Å²) >= 11 is 0. The highest BCUT2D eigenvalue weighted by Gasteiger charge is 2.41. The fraction of sp³-hybridized carbons (Fsp3) is 0.692. The number of hydrogen-bond donors (Lipinski definition) is 1. The molecular formula is C13H22N4O2. The van der Waals surface area contributed by atoms with Crippen molar-refractivity contribution in [2.45, 2.75) is 38.3 Å². The Morgan fingerprint density at radius 1 is 1.53 bits per heavy atom. The minimum absolute atomic E-state index is 0.304. The van der Waals surface area contributed by atoms with Crippen molar-refractivity contribution in [1.82, 2.24) is 14.5 Å². The van der Waals surface area contributed by atoms with E-state index in [-0.39, 0.29) is 6.09 Å². The second-order valence-corrected chi connectivity index (χ2v) is 6.20. The first-order chi connectivity index (χ1) is 8.71. The number of imidazole rings is 1. The summed E-state index contributed by atoms with van der Waals surface area (Å²) in [5, 5.41) is 0. The molecule has 0 spiro atoms. The van der Waals surface area contributed by atoms with Crippen molar-refractivity contribution in [3.05, 3.63) is 18.2 Å². The minimum Gasteiger partial charge on any atom is -0.444 e. The third-order valence-corrected chi connectivity index (χ3v) is 3.28. The molecule has 2 rings (SSSR count). The van der Waals surface area contributed by atoms with Gasteiger partial charge >= 0.3 is 6.09 Å². The molecule has 1 atom stereocenters. The lowest BCUT2D eigenvalue weighted by Crippen LogP contribution is -2.43. The Morgan fingerprint density at radius 3 is 2.74 bits per heavy atom. The van der Waals surface area contributed by atoms with E-state index in [9.17, 15) is 4.79 Å². The molecule has 0 aliphatic carbocycles. The zero-order valence-electron chi connectivity index (χ0n) is 12.0. The second kappa shape index (κ2) is 4.52. The van der Waals surface area contributed by atoms with Crippen LogP contribution in [-0.2, 0) is 17.3 Å². The maximum absolute atomic E-state index is 12.0. The van der Waals surface area contributed by atoms with E-state index in [0.29, 0.717) is 19.5 Å². The fourth-order valence-corrected chi connectivity index (χ4v) is 2.36. The van der Waals surface area contributed by atoms with Crippen LogP contribution in [0.3, 0.4) is 0 Å². The van der Waals surface area contributed by atoms with Crippen LogP contribution in [0.15, 0.2) is 12.5 Å². The summed E-state index contributed by atoms with van der Waals surface area (Å²) in [6, 6.07) is 0. The van der Waals surface area contributed by atoms with Crippen LogP contribution >= 0.6 is 0 Å². The molecule has 0 aromatic carbocycles. The summed E-state index contributed by atoms with van der Waals surface area (Å²) in [5.74, 6) is 0. The maximum Gasteiger partial charge on any atom is 0.410 e. The van der Waals surface area contributed by atoms with E-state index < -0.39 is 11.1 Å². The lowest BCUT2D eigenvalue weighted by atomic mass is 9.96. The molecule has 0 radical (unpaired) electrons. The van der Waals surface area contributed by atoms with Gasteiger partial charge in [-0.1, -0.05) is 0 Å². The highest BCUT2D eigenvalue weighted by Crippen LogP contribution is 2.29. The number of amides is 1. The number of nitrogens with two attached hydrogens (primary N) is 1. The molecule has 6 heteroatoms. The number of aromatic nitrogens is 2. The van der Waals surface area contributed by atoms with Gasteiger partial charge in [-0.3, -0.25) is 0 Å². The molecule has 0 bridgehead atoms. The summed E-state index contributed by atoms with van der Waals surface area (Å²) < 4.78 is 7.27. The highest BCUT2D eigenvalue weighted by atomic mass is 16.6. The lowest BCUT2D eigenvalue weighted by Gasteiger charge is -2.27. The number of likely N-dealkylation sites (tertiary alicyclic amines) is 1. The first-order valence-corrected chi connectivity index (χ1v) is 6.45. The van der Waals surface area contributed by atoms with E-state index in [1.165, 1.54) is 0 Å². The van der Waals surface area contributed by atoms with Gasteiger partial charge in [-0.25, -0.2) is 9.78 Å². The molecule has 1 aliphatic heterocycles. The van der Waals surface area contributed by atoms with E-state index >= 15 is 0 Å². The Hall–Kier alpha value is -1.56. The summed E-state index contributed by atoms with van der Waals surface area (Å²) in [6.07, 6.45) is 3.90. The predicted molar refractivity (Wildman–Crippen MR) is 71.5 cm³/mol. The molecule has 6 nitrogen and oxygen atoms in total. The Morgan fingerprint density at radius 2 is 2.21 bits per heavy atom. The van der Waals surface area contributed by atoms with Crippen molar-refractivity contribution in [3.63, 3.8) is 0 Å². The Bertz CT molecular complexity index is 477. The first kappa shape index (κ1) is 13.9. The number of carbonyl (C=O) groups excluding carboxylic acids is 1. The van der Waals surface area contributed by atoms with Gasteiger partial charge in [0.2, 0.25) is 0 Å². The van der Waals surface area contributed by atoms with Crippen LogP contribution < -0.4 is 5.73 Å². The number of carbonyl (C=O) groups is 1. The molecule has 1 unspecified atom stereocenters. The number of rotatable bonds is 1. The average molecular weight is 266 g/mol. The van der Waals surface area contributed by atoms with Gasteiger partial charge in [0.05, 0.1) is 23.8 Å². The smallest absolute Gasteiger partial charge is 0.410 e. The fourth-order valence-electron chi connectivity index (χ4n) is 2.36. The SMILES string of the molecule is Cn1cncc1C1(N)CCN(C(=O)OC(C)(C)C)C1. The van der Waals surface area contributed by atoms with Crippen molar-refractivity contribution < 1.29 is 9.53 Å². The summed E-state index contributed by atoms with van der Waals surface area (Å²) in [6.45, 7) is 6.64. The van der Waals surface area contributed by atoms with Gasteiger partial charge in [-0.15, -0.1) is 0 Å². The third-order valence-electron chi connectivity index (χ3n) is 3.28. The number of hydrogen-bond acceptors (Lipinski definition) is 4. The molecule has 1 saturated heterocycles. The van der Waals surface area contributed by atoms with Crippen LogP contribution in [-0.4, -0.2) is 39.2 Å². The van der Waals surface area contributed by atoms with E-state index in [4.69, 9.17) is 10.5 Å². The van der Waals surface area contributed by atoms with E-state index in [1.807, 2.05) is 32.4 Å². The van der Waals surface area contributed by atoms with Gasteiger partial charge in [0.1, 0.15) is 5.60 Å². The van der Waals surface area contributed by atoms with Gasteiger partial charge in [0.25, 0.3) is 0 Å². The number of aryl methyl sites for hydroxylation is 1. The Kier molecular flexibility index (Phi) is 3.30. The van der Waals surface area contributed by atoms with Crippen LogP contribution in [0.2, 0.25) is 0 Å². The molecule has 19 heavy (non-hydrogen) atoms. The van der Waals surface area contributed by atoms with Crippen molar-refractivity contribution in [3.8, 4) is 0 Å². The summed E-state index contributed by atoms with van der Waals surface area (Å²) in [4.78, 5) is 17.8. The van der Waals surface area contributed by atoms with Gasteiger partial charge in [0.15, 0.2) is 0 Å². The number of ether oxygens (including phenoxy) is 1. The van der Waals surface area contributed by atoms with Crippen LogP contribution in [0.25, 0.3) is 0 Å². The van der Waals surface area contributed by atoms with Gasteiger partial charge in [-0.2, -0.15) is 0 Å². The highest BCUT2D eigenvalue weighted by molar-refractivity contribution is 5.68. The predicted octanol–water partition coefficient (Wildman–Crippen LogP) is 1.21. The molecule has 106 valence electrons. The van der Waals surface area contributed by atoms with Crippen molar-refractivity contribution in [1.29, 1.82) is 0 Å². The summed E-state index contributed by atoms with van der Waals surface area (Å²) in [7, 11) is 1.91. The largest absolute Gasteiger partial charge is 0.444 e. The Labute approximate surface area is 113 Å². The van der Waals surface area contributed by atoms with Crippen LogP contribution in [0.1, 0.15) is 32.9 Å². The zero-order valence-corrected chi connectivity index (χ0v) is 12.0. The molecule has 1 aromatic heterocycles. The lowest BCUT2D eigenvalue weighted by molar-refractivity contribution is 0.0283. The molecule has 0 saturated carbocycles. The third kappa shape index (κ3) is 2.89. The van der Waals surface area contributed by atoms with Gasteiger partial charge < -0.3 is 19.9 Å². The van der Waals surface area contributed by atoms with Crippen molar-refractivity contribution in [2.24, 2.45) is 12.8 Å². The monoisotopic (exact) mass is 266 g/mol. The average Bonchev–Trinajstić information content (AvgIpc) is 2.83. The molecule has 1 amide bonds. The maximum atomic E-state index is 12.0. The first-order valence-electron chi connectivity index (χ1n) is 6.45. The number of nitrogens with zero attached hydrogens (tertiary/aromatic N) is 3. The Balaban J connectivity index is 2.08. The standard InChI is InChI=1S/C13H22N4O2/c1-12(2,3)19-11(18)17-6-5-13(14,8-17)10-7-15-9-16(10)4/h7,9H,5-6,8,14H2,1-4H3. The van der Waals surface area contributed by atoms with Gasteiger partial charge in [0, 0.05) is 20.1 Å². The molecule has 1 aliphatic rings. The molecule has 2 heterocycles. The topological polar surface area (TPSA) is 73.4 Å². The molecule has 1 aromatic rings. The molecular weight excluding hydrogens is 244 g/mol. The van der Waals surface area contributed by atoms with E-state index in [1.54, 1.807) is 17.4 Å². The minimum atomic E-state index is -0.540. The second-order valence-electron chi connectivity index (χ2n) is 6.20. The molecule has 1 fully saturated rings. The van der Waals surface area contributed by atoms with Crippen LogP contribution in [0.4, 0.5) is 4.79 Å². The van der Waals surface area contributed by atoms with E-state index in [2.05, 4.69) is 4.98 Å². The molecule has 2 N–H and O–H groups in total. The quantitative estimate of drug-likeness (QED) is 0.829. The normalized spacial score (nSPS) is 23.7. The van der Waals surface area contributed by atoms with E-state index in [0.717, 1.165) is 5.69 Å².